The van der Waals surface area contributed by atoms with Crippen molar-refractivity contribution in [2.45, 2.75) is 0 Å². The molecule has 0 heterocycles. The molecule has 0 aliphatic rings. The molecule has 3 nitrogen and oxygen atoms in total. The summed E-state index contributed by atoms with van der Waals surface area (Å²) in [5, 5.41) is 17.5. The van der Waals surface area contributed by atoms with E-state index in [9.17, 15) is 0 Å². The lowest BCUT2D eigenvalue weighted by Gasteiger charge is -2.04. The Bertz CT molecular complexity index is 380. The van der Waals surface area contributed by atoms with Gasteiger partial charge in [0.1, 0.15) is 12.1 Å². The van der Waals surface area contributed by atoms with Crippen molar-refractivity contribution in [1.82, 2.24) is 0 Å². The largest absolute Gasteiger partial charge is 0.494 e. The third-order valence-electron chi connectivity index (χ3n) is 1.50. The van der Waals surface area contributed by atoms with Crippen LogP contribution >= 0.6 is 15.9 Å². The molecule has 0 saturated heterocycles. The van der Waals surface area contributed by atoms with E-state index < -0.39 is 0 Å². The van der Waals surface area contributed by atoms with Gasteiger partial charge >= 0.3 is 0 Å². The Morgan fingerprint density at radius 3 is 2.00 bits per heavy atom. The molecule has 0 aromatic heterocycles. The first kappa shape index (κ1) is 9.57. The van der Waals surface area contributed by atoms with E-state index in [0.717, 1.165) is 0 Å². The topological polar surface area (TPSA) is 56.8 Å². The average Bonchev–Trinajstić information content (AvgIpc) is 2.16. The minimum Gasteiger partial charge on any atom is -0.494 e. The summed E-state index contributed by atoms with van der Waals surface area (Å²) in [7, 11) is 1.44. The number of nitrogens with zero attached hydrogens (tertiary/aromatic N) is 2. The van der Waals surface area contributed by atoms with Gasteiger partial charge in [-0.2, -0.15) is 10.5 Å². The van der Waals surface area contributed by atoms with Crippen molar-refractivity contribution in [2.24, 2.45) is 0 Å². The first-order chi connectivity index (χ1) is 6.22. The van der Waals surface area contributed by atoms with Crippen LogP contribution in [0.1, 0.15) is 11.1 Å². The number of rotatable bonds is 1. The molecule has 0 aliphatic heterocycles. The zero-order chi connectivity index (χ0) is 9.84. The third kappa shape index (κ3) is 1.80. The van der Waals surface area contributed by atoms with E-state index in [1.54, 1.807) is 12.1 Å². The van der Waals surface area contributed by atoms with Crippen molar-refractivity contribution in [3.8, 4) is 17.9 Å². The van der Waals surface area contributed by atoms with Crippen molar-refractivity contribution in [1.29, 1.82) is 10.5 Å². The predicted octanol–water partition coefficient (Wildman–Crippen LogP) is 2.20. The Morgan fingerprint density at radius 1 is 1.23 bits per heavy atom. The van der Waals surface area contributed by atoms with Crippen LogP contribution in [0.4, 0.5) is 0 Å². The van der Waals surface area contributed by atoms with Crippen LogP contribution in [0.3, 0.4) is 0 Å². The molecule has 64 valence electrons. The maximum Gasteiger partial charge on any atom is 0.154 e. The van der Waals surface area contributed by atoms with Crippen molar-refractivity contribution in [2.75, 3.05) is 7.11 Å². The Hall–Kier alpha value is -1.52. The number of hydrogen-bond acceptors (Lipinski definition) is 3. The fourth-order valence-corrected chi connectivity index (χ4v) is 1.44. The fourth-order valence-electron chi connectivity index (χ4n) is 0.980. The highest BCUT2D eigenvalue weighted by Gasteiger charge is 2.09. The van der Waals surface area contributed by atoms with Crippen LogP contribution < -0.4 is 4.74 Å². The molecule has 1 rings (SSSR count). The van der Waals surface area contributed by atoms with Crippen molar-refractivity contribution in [3.05, 3.63) is 27.7 Å². The van der Waals surface area contributed by atoms with E-state index in [1.807, 2.05) is 12.1 Å². The van der Waals surface area contributed by atoms with Crippen molar-refractivity contribution in [3.63, 3.8) is 0 Å². The molecule has 0 N–H and O–H groups in total. The molecule has 1 aromatic rings. The summed E-state index contributed by atoms with van der Waals surface area (Å²) in [6.45, 7) is 0. The molecule has 1 aromatic carbocycles. The SMILES string of the molecule is COc1c(C#N)cc(Br)cc1C#N. The van der Waals surface area contributed by atoms with Gasteiger partial charge in [0.2, 0.25) is 0 Å². The Labute approximate surface area is 84.3 Å². The van der Waals surface area contributed by atoms with Crippen molar-refractivity contribution >= 4 is 15.9 Å². The normalized spacial score (nSPS) is 8.62. The van der Waals surface area contributed by atoms with E-state index in [1.165, 1.54) is 7.11 Å². The highest BCUT2D eigenvalue weighted by atomic mass is 79.9. The number of halogens is 1. The second-order valence-corrected chi connectivity index (χ2v) is 3.17. The third-order valence-corrected chi connectivity index (χ3v) is 1.96. The molecule has 0 saturated carbocycles. The highest BCUT2D eigenvalue weighted by molar-refractivity contribution is 9.10. The lowest BCUT2D eigenvalue weighted by Crippen LogP contribution is -1.92. The number of methoxy groups -OCH3 is 1. The Kier molecular flexibility index (Phi) is 2.89. The lowest BCUT2D eigenvalue weighted by molar-refractivity contribution is 0.412. The zero-order valence-electron chi connectivity index (χ0n) is 6.84. The summed E-state index contributed by atoms with van der Waals surface area (Å²) in [6, 6.07) is 7.13. The molecule has 0 unspecified atom stereocenters. The first-order valence-electron chi connectivity index (χ1n) is 3.40. The Morgan fingerprint density at radius 2 is 1.69 bits per heavy atom. The van der Waals surface area contributed by atoms with Crippen LogP contribution in [0.5, 0.6) is 5.75 Å². The molecule has 4 heteroatoms. The van der Waals surface area contributed by atoms with Gasteiger partial charge in [0, 0.05) is 4.47 Å². The molecule has 0 amide bonds. The van der Waals surface area contributed by atoms with Gasteiger partial charge in [-0.05, 0) is 12.1 Å². The lowest BCUT2D eigenvalue weighted by atomic mass is 10.1. The summed E-state index contributed by atoms with van der Waals surface area (Å²) in [5.41, 5.74) is 0.710. The van der Waals surface area contributed by atoms with Gasteiger partial charge < -0.3 is 4.74 Å². The second kappa shape index (κ2) is 3.93. The predicted molar refractivity (Wildman–Crippen MR) is 50.1 cm³/mol. The van der Waals surface area contributed by atoms with E-state index in [0.29, 0.717) is 21.3 Å². The number of benzene rings is 1. The van der Waals surface area contributed by atoms with Gasteiger partial charge in [-0.25, -0.2) is 0 Å². The summed E-state index contributed by atoms with van der Waals surface area (Å²) in [6.07, 6.45) is 0. The molecule has 0 atom stereocenters. The van der Waals surface area contributed by atoms with E-state index in [4.69, 9.17) is 15.3 Å². The fraction of sp³-hybridized carbons (Fsp3) is 0.111. The minimum atomic E-state index is 0.327. The van der Waals surface area contributed by atoms with Crippen LogP contribution in [0.2, 0.25) is 0 Å². The van der Waals surface area contributed by atoms with Crippen molar-refractivity contribution < 1.29 is 4.74 Å². The molecule has 0 spiro atoms. The standard InChI is InChI=1S/C9H5BrN2O/c1-13-9-6(4-11)2-8(10)3-7(9)5-12/h2-3H,1H3. The van der Waals surface area contributed by atoms with Crippen LogP contribution in [-0.4, -0.2) is 7.11 Å². The molecular formula is C9H5BrN2O. The van der Waals surface area contributed by atoms with Gasteiger partial charge in [0.05, 0.1) is 18.2 Å². The summed E-state index contributed by atoms with van der Waals surface area (Å²) in [4.78, 5) is 0. The summed E-state index contributed by atoms with van der Waals surface area (Å²) < 4.78 is 5.64. The molecule has 0 fully saturated rings. The first-order valence-corrected chi connectivity index (χ1v) is 4.20. The maximum atomic E-state index is 8.73. The maximum absolute atomic E-state index is 8.73. The molecule has 0 bridgehead atoms. The van der Waals surface area contributed by atoms with Crippen LogP contribution in [0, 0.1) is 22.7 Å². The molecule has 0 aliphatic carbocycles. The van der Waals surface area contributed by atoms with Gasteiger partial charge in [-0.1, -0.05) is 15.9 Å². The average molecular weight is 237 g/mol. The summed E-state index contributed by atoms with van der Waals surface area (Å²) in [5.74, 6) is 0.327. The zero-order valence-corrected chi connectivity index (χ0v) is 8.42. The molecule has 13 heavy (non-hydrogen) atoms. The van der Waals surface area contributed by atoms with Crippen LogP contribution in [-0.2, 0) is 0 Å². The van der Waals surface area contributed by atoms with E-state index in [2.05, 4.69) is 15.9 Å². The number of hydrogen-bond donors (Lipinski definition) is 0. The number of nitriles is 2. The van der Waals surface area contributed by atoms with Gasteiger partial charge in [0.25, 0.3) is 0 Å². The van der Waals surface area contributed by atoms with Crippen LogP contribution in [0.15, 0.2) is 16.6 Å². The number of ether oxygens (including phenoxy) is 1. The second-order valence-electron chi connectivity index (χ2n) is 2.26. The van der Waals surface area contributed by atoms with E-state index >= 15 is 0 Å². The Balaban J connectivity index is 3.47. The summed E-state index contributed by atoms with van der Waals surface area (Å²) >= 11 is 3.20. The molecule has 0 radical (unpaired) electrons. The monoisotopic (exact) mass is 236 g/mol. The minimum absolute atomic E-state index is 0.327. The van der Waals surface area contributed by atoms with E-state index in [-0.39, 0.29) is 0 Å². The molecular weight excluding hydrogens is 232 g/mol. The van der Waals surface area contributed by atoms with Gasteiger partial charge in [-0.15, -0.1) is 0 Å². The highest BCUT2D eigenvalue weighted by Crippen LogP contribution is 2.26. The van der Waals surface area contributed by atoms with Gasteiger partial charge in [0.15, 0.2) is 5.75 Å². The quantitative estimate of drug-likeness (QED) is 0.752. The van der Waals surface area contributed by atoms with Gasteiger partial charge in [-0.3, -0.25) is 0 Å². The smallest absolute Gasteiger partial charge is 0.154 e. The van der Waals surface area contributed by atoms with Crippen LogP contribution in [0.25, 0.3) is 0 Å².